The molecule has 0 amide bonds. The molecule has 0 saturated carbocycles. The van der Waals surface area contributed by atoms with Crippen LogP contribution in [-0.4, -0.2) is 40.5 Å². The number of hydrogen-bond acceptors (Lipinski definition) is 7. The van der Waals surface area contributed by atoms with Crippen molar-refractivity contribution in [2.75, 3.05) is 25.1 Å². The number of nitrogens with zero attached hydrogens (tertiary/aromatic N) is 5. The van der Waals surface area contributed by atoms with Crippen LogP contribution in [0.5, 0.6) is 0 Å². The monoisotopic (exact) mass is 493 g/mol. The van der Waals surface area contributed by atoms with Crippen molar-refractivity contribution >= 4 is 29.1 Å². The Hall–Kier alpha value is -3.46. The molecular weight excluding hydrogens is 462 g/mol. The normalized spacial score (nSPS) is 15.7. The molecule has 8 nitrogen and oxygen atoms in total. The van der Waals surface area contributed by atoms with Crippen LogP contribution in [0.1, 0.15) is 50.6 Å². The van der Waals surface area contributed by atoms with Crippen LogP contribution in [0.25, 0.3) is 6.08 Å². The Kier molecular flexibility index (Phi) is 7.07. The molecule has 4 rings (SSSR count). The maximum Gasteiger partial charge on any atom is 0.338 e. The van der Waals surface area contributed by atoms with E-state index in [1.165, 1.54) is 18.4 Å². The smallest absolute Gasteiger partial charge is 0.338 e. The molecule has 184 valence electrons. The van der Waals surface area contributed by atoms with E-state index >= 15 is 0 Å². The zero-order chi connectivity index (χ0) is 25.3. The minimum absolute atomic E-state index is 0.191. The maximum absolute atomic E-state index is 13.7. The van der Waals surface area contributed by atoms with Gasteiger partial charge in [-0.25, -0.2) is 9.79 Å². The van der Waals surface area contributed by atoms with Gasteiger partial charge in [0.15, 0.2) is 4.80 Å². The number of ether oxygens (including phenoxy) is 1. The molecule has 0 spiro atoms. The van der Waals surface area contributed by atoms with Crippen LogP contribution in [0.3, 0.4) is 0 Å². The highest BCUT2D eigenvalue weighted by molar-refractivity contribution is 7.07. The fourth-order valence-electron chi connectivity index (χ4n) is 4.44. The highest BCUT2D eigenvalue weighted by atomic mass is 32.1. The molecule has 3 heterocycles. The van der Waals surface area contributed by atoms with Gasteiger partial charge in [-0.3, -0.25) is 14.0 Å². The summed E-state index contributed by atoms with van der Waals surface area (Å²) in [6, 6.07) is 7.40. The van der Waals surface area contributed by atoms with Gasteiger partial charge in [-0.1, -0.05) is 23.5 Å². The first-order valence-electron chi connectivity index (χ1n) is 11.8. The number of methoxy groups -OCH3 is 1. The predicted molar refractivity (Wildman–Crippen MR) is 138 cm³/mol. The van der Waals surface area contributed by atoms with Crippen molar-refractivity contribution in [2.45, 2.75) is 47.2 Å². The lowest BCUT2D eigenvalue weighted by molar-refractivity contribution is -0.136. The zero-order valence-corrected chi connectivity index (χ0v) is 21.8. The highest BCUT2D eigenvalue weighted by Gasteiger charge is 2.33. The summed E-state index contributed by atoms with van der Waals surface area (Å²) in [4.78, 5) is 34.0. The van der Waals surface area contributed by atoms with E-state index in [0.29, 0.717) is 20.6 Å². The van der Waals surface area contributed by atoms with Gasteiger partial charge >= 0.3 is 5.97 Å². The van der Waals surface area contributed by atoms with Crippen molar-refractivity contribution in [2.24, 2.45) is 4.99 Å². The van der Waals surface area contributed by atoms with Crippen LogP contribution in [0.2, 0.25) is 0 Å². The molecule has 1 aromatic carbocycles. The van der Waals surface area contributed by atoms with Crippen LogP contribution < -0.4 is 19.8 Å². The summed E-state index contributed by atoms with van der Waals surface area (Å²) in [6.07, 6.45) is 3.79. The number of allylic oxidation sites excluding steroid dienone is 1. The third-order valence-corrected chi connectivity index (χ3v) is 7.34. The summed E-state index contributed by atoms with van der Waals surface area (Å²) >= 11 is 1.32. The van der Waals surface area contributed by atoms with Crippen LogP contribution in [0, 0.1) is 6.92 Å². The number of benzene rings is 1. The number of thiazole rings is 1. The molecule has 0 radical (unpaired) electrons. The van der Waals surface area contributed by atoms with E-state index in [4.69, 9.17) is 4.74 Å². The molecule has 0 aliphatic carbocycles. The molecule has 9 heteroatoms. The van der Waals surface area contributed by atoms with E-state index in [0.717, 1.165) is 42.1 Å². The summed E-state index contributed by atoms with van der Waals surface area (Å²) in [5.74, 6) is -0.488. The first kappa shape index (κ1) is 24.7. The molecule has 2 aromatic heterocycles. The lowest BCUT2D eigenvalue weighted by atomic mass is 9.95. The molecule has 3 aromatic rings. The van der Waals surface area contributed by atoms with Crippen molar-refractivity contribution in [3.8, 4) is 0 Å². The highest BCUT2D eigenvalue weighted by Crippen LogP contribution is 2.31. The van der Waals surface area contributed by atoms with Crippen LogP contribution >= 0.6 is 11.3 Å². The minimum atomic E-state index is -0.619. The summed E-state index contributed by atoms with van der Waals surface area (Å²) in [5, 5.41) is 4.48. The second-order valence-electron chi connectivity index (χ2n) is 8.36. The van der Waals surface area contributed by atoms with Gasteiger partial charge in [-0.15, -0.1) is 0 Å². The third-order valence-electron chi connectivity index (χ3n) is 6.36. The number of rotatable bonds is 7. The van der Waals surface area contributed by atoms with Crippen LogP contribution in [0.4, 0.5) is 5.69 Å². The third kappa shape index (κ3) is 4.48. The second kappa shape index (κ2) is 10.0. The molecule has 1 aliphatic heterocycles. The van der Waals surface area contributed by atoms with E-state index in [2.05, 4.69) is 28.8 Å². The Balaban J connectivity index is 1.90. The summed E-state index contributed by atoms with van der Waals surface area (Å²) in [7, 11) is 1.35. The zero-order valence-electron chi connectivity index (χ0n) is 21.0. The number of aryl methyl sites for hydroxylation is 2. The van der Waals surface area contributed by atoms with E-state index in [1.807, 2.05) is 55.1 Å². The van der Waals surface area contributed by atoms with Gasteiger partial charge in [0.2, 0.25) is 0 Å². The first-order chi connectivity index (χ1) is 16.8. The summed E-state index contributed by atoms with van der Waals surface area (Å²) < 4.78 is 9.11. The number of anilines is 1. The molecule has 35 heavy (non-hydrogen) atoms. The van der Waals surface area contributed by atoms with E-state index in [9.17, 15) is 9.59 Å². The Labute approximate surface area is 208 Å². The standard InChI is InChI=1S/C26H31N5O3S/c1-7-29(8-2)20-12-10-18(11-13-20)23-22(25(33)34-6)17(5)27-26-31(23)24(32)21(35-26)14-19-15-30(9-3)28-16(19)4/h10-15,23H,7-9H2,1-6H3. The minimum Gasteiger partial charge on any atom is -0.466 e. The van der Waals surface area contributed by atoms with Gasteiger partial charge in [-0.2, -0.15) is 5.10 Å². The number of fused-ring (bicyclic) bond motifs is 1. The number of carbonyl (C=O) groups is 1. The van der Waals surface area contributed by atoms with Crippen molar-refractivity contribution in [3.05, 3.63) is 78.2 Å². The topological polar surface area (TPSA) is 81.7 Å². The van der Waals surface area contributed by atoms with Gasteiger partial charge in [0, 0.05) is 37.1 Å². The van der Waals surface area contributed by atoms with Crippen molar-refractivity contribution < 1.29 is 9.53 Å². The average Bonchev–Trinajstić information content (AvgIpc) is 3.37. The maximum atomic E-state index is 13.7. The van der Waals surface area contributed by atoms with Crippen molar-refractivity contribution in [3.63, 3.8) is 0 Å². The molecule has 0 saturated heterocycles. The fraction of sp³-hybridized carbons (Fsp3) is 0.385. The van der Waals surface area contributed by atoms with Gasteiger partial charge < -0.3 is 9.64 Å². The van der Waals surface area contributed by atoms with Gasteiger partial charge in [0.25, 0.3) is 5.56 Å². The number of aromatic nitrogens is 3. The largest absolute Gasteiger partial charge is 0.466 e. The van der Waals surface area contributed by atoms with Gasteiger partial charge in [0.1, 0.15) is 0 Å². The van der Waals surface area contributed by atoms with Crippen molar-refractivity contribution in [1.29, 1.82) is 0 Å². The average molecular weight is 494 g/mol. The van der Waals surface area contributed by atoms with Crippen LogP contribution in [-0.2, 0) is 16.1 Å². The van der Waals surface area contributed by atoms with Gasteiger partial charge in [0.05, 0.1) is 34.6 Å². The van der Waals surface area contributed by atoms with Crippen molar-refractivity contribution in [1.82, 2.24) is 14.3 Å². The molecule has 0 bridgehead atoms. The Morgan fingerprint density at radius 2 is 1.86 bits per heavy atom. The quantitative estimate of drug-likeness (QED) is 0.473. The Bertz CT molecular complexity index is 1460. The lowest BCUT2D eigenvalue weighted by Gasteiger charge is -2.26. The Morgan fingerprint density at radius 3 is 2.43 bits per heavy atom. The number of hydrogen-bond donors (Lipinski definition) is 0. The number of esters is 1. The lowest BCUT2D eigenvalue weighted by Crippen LogP contribution is -2.39. The molecule has 1 aliphatic rings. The van der Waals surface area contributed by atoms with E-state index in [-0.39, 0.29) is 5.56 Å². The summed E-state index contributed by atoms with van der Waals surface area (Å²) in [6.45, 7) is 12.5. The van der Waals surface area contributed by atoms with Gasteiger partial charge in [-0.05, 0) is 58.4 Å². The first-order valence-corrected chi connectivity index (χ1v) is 12.6. The second-order valence-corrected chi connectivity index (χ2v) is 9.37. The fourth-order valence-corrected chi connectivity index (χ4v) is 5.48. The predicted octanol–water partition coefficient (Wildman–Crippen LogP) is 2.78. The molecule has 1 atom stereocenters. The van der Waals surface area contributed by atoms with E-state index < -0.39 is 12.0 Å². The molecule has 0 N–H and O–H groups in total. The van der Waals surface area contributed by atoms with E-state index in [1.54, 1.807) is 11.5 Å². The Morgan fingerprint density at radius 1 is 1.17 bits per heavy atom. The number of carbonyl (C=O) groups excluding carboxylic acids is 1. The SMILES string of the molecule is CCN(CC)c1ccc(C2C(C(=O)OC)=C(C)N=c3sc(=Cc4cn(CC)nc4C)c(=O)n32)cc1. The molecule has 0 fully saturated rings. The molecular formula is C26H31N5O3S. The molecule has 1 unspecified atom stereocenters. The summed E-state index contributed by atoms with van der Waals surface area (Å²) in [5.41, 5.74) is 4.40. The van der Waals surface area contributed by atoms with Crippen LogP contribution in [0.15, 0.2) is 51.5 Å².